The maximum atomic E-state index is 12.4. The second-order valence-electron chi connectivity index (χ2n) is 2.72. The van der Waals surface area contributed by atoms with Crippen LogP contribution in [0.3, 0.4) is 0 Å². The van der Waals surface area contributed by atoms with E-state index in [1.807, 2.05) is 0 Å². The molecule has 0 radical (unpaired) electrons. The highest BCUT2D eigenvalue weighted by Crippen LogP contribution is 2.31. The van der Waals surface area contributed by atoms with Crippen molar-refractivity contribution in [3.8, 4) is 11.8 Å². The van der Waals surface area contributed by atoms with E-state index in [-0.39, 0.29) is 17.7 Å². The van der Waals surface area contributed by atoms with Gasteiger partial charge in [0.2, 0.25) is 0 Å². The number of hydrogen-bond donors (Lipinski definition) is 0. The first-order valence-corrected chi connectivity index (χ1v) is 3.96. The first-order valence-electron chi connectivity index (χ1n) is 3.96. The van der Waals surface area contributed by atoms with Gasteiger partial charge in [0.05, 0.1) is 25.8 Å². The minimum Gasteiger partial charge on any atom is -0.495 e. The molecule has 0 aliphatic heterocycles. The van der Waals surface area contributed by atoms with Crippen LogP contribution < -0.4 is 4.74 Å². The molecule has 0 unspecified atom stereocenters. The Morgan fingerprint density at radius 2 is 2.20 bits per heavy atom. The smallest absolute Gasteiger partial charge is 0.433 e. The summed E-state index contributed by atoms with van der Waals surface area (Å²) >= 11 is 0. The molecule has 1 rings (SSSR count). The van der Waals surface area contributed by atoms with Crippen molar-refractivity contribution in [3.63, 3.8) is 0 Å². The number of nitrogens with zero attached hydrogens (tertiary/aromatic N) is 2. The maximum absolute atomic E-state index is 12.4. The highest BCUT2D eigenvalue weighted by Gasteiger charge is 2.35. The molecule has 15 heavy (non-hydrogen) atoms. The van der Waals surface area contributed by atoms with Gasteiger partial charge < -0.3 is 4.74 Å². The molecule has 0 aliphatic rings. The molecule has 6 heteroatoms. The van der Waals surface area contributed by atoms with Gasteiger partial charge in [-0.25, -0.2) is 4.98 Å². The Balaban J connectivity index is 3.22. The molecule has 0 bridgehead atoms. The van der Waals surface area contributed by atoms with Crippen molar-refractivity contribution in [1.82, 2.24) is 4.98 Å². The lowest BCUT2D eigenvalue weighted by Gasteiger charge is -2.10. The van der Waals surface area contributed by atoms with Crippen molar-refractivity contribution >= 4 is 0 Å². The summed E-state index contributed by atoms with van der Waals surface area (Å²) in [6.45, 7) is 0. The summed E-state index contributed by atoms with van der Waals surface area (Å²) in [5.41, 5.74) is -1.21. The molecule has 0 saturated carbocycles. The van der Waals surface area contributed by atoms with Crippen LogP contribution in [0.25, 0.3) is 0 Å². The SMILES string of the molecule is COc1cnc(C(F)(F)F)c(CC#N)c1. The van der Waals surface area contributed by atoms with Crippen molar-refractivity contribution in [2.45, 2.75) is 12.6 Å². The molecular weight excluding hydrogens is 209 g/mol. The summed E-state index contributed by atoms with van der Waals surface area (Å²) < 4.78 is 41.9. The summed E-state index contributed by atoms with van der Waals surface area (Å²) in [5.74, 6) is 0.202. The van der Waals surface area contributed by atoms with Crippen LogP contribution in [0.15, 0.2) is 12.3 Å². The Morgan fingerprint density at radius 3 is 2.67 bits per heavy atom. The molecule has 3 nitrogen and oxygen atoms in total. The lowest BCUT2D eigenvalue weighted by atomic mass is 10.1. The molecule has 80 valence electrons. The van der Waals surface area contributed by atoms with Crippen molar-refractivity contribution in [2.75, 3.05) is 7.11 Å². The molecular formula is C9H7F3N2O. The summed E-state index contributed by atoms with van der Waals surface area (Å²) in [4.78, 5) is 3.24. The van der Waals surface area contributed by atoms with Crippen LogP contribution in [0.2, 0.25) is 0 Å². The van der Waals surface area contributed by atoms with Gasteiger partial charge in [-0.05, 0) is 6.07 Å². The average molecular weight is 216 g/mol. The fraction of sp³-hybridized carbons (Fsp3) is 0.333. The van der Waals surface area contributed by atoms with Gasteiger partial charge in [-0.2, -0.15) is 18.4 Å². The predicted molar refractivity (Wildman–Crippen MR) is 45.1 cm³/mol. The lowest BCUT2D eigenvalue weighted by molar-refractivity contribution is -0.141. The standard InChI is InChI=1S/C9H7F3N2O/c1-15-7-4-6(2-3-13)8(14-5-7)9(10,11)12/h4-5H,2H2,1H3. The Hall–Kier alpha value is -1.77. The third kappa shape index (κ3) is 2.59. The van der Waals surface area contributed by atoms with E-state index < -0.39 is 11.9 Å². The van der Waals surface area contributed by atoms with Crippen molar-refractivity contribution in [1.29, 1.82) is 5.26 Å². The number of ether oxygens (including phenoxy) is 1. The number of halogens is 3. The normalized spacial score (nSPS) is 10.9. The molecule has 0 spiro atoms. The van der Waals surface area contributed by atoms with Gasteiger partial charge in [0.15, 0.2) is 0 Å². The van der Waals surface area contributed by atoms with Gasteiger partial charge in [0.1, 0.15) is 11.4 Å². The van der Waals surface area contributed by atoms with E-state index in [4.69, 9.17) is 10.00 Å². The summed E-state index contributed by atoms with van der Waals surface area (Å²) in [5, 5.41) is 8.39. The van der Waals surface area contributed by atoms with Gasteiger partial charge in [0.25, 0.3) is 0 Å². The molecule has 0 amide bonds. The van der Waals surface area contributed by atoms with E-state index in [2.05, 4.69) is 4.98 Å². The van der Waals surface area contributed by atoms with E-state index in [1.54, 1.807) is 6.07 Å². The monoisotopic (exact) mass is 216 g/mol. The van der Waals surface area contributed by atoms with E-state index in [0.717, 1.165) is 6.20 Å². The fourth-order valence-corrected chi connectivity index (χ4v) is 1.08. The van der Waals surface area contributed by atoms with Crippen molar-refractivity contribution < 1.29 is 17.9 Å². The van der Waals surface area contributed by atoms with Crippen molar-refractivity contribution in [2.24, 2.45) is 0 Å². The van der Waals surface area contributed by atoms with Crippen molar-refractivity contribution in [3.05, 3.63) is 23.5 Å². The number of rotatable bonds is 2. The van der Waals surface area contributed by atoms with E-state index in [0.29, 0.717) is 0 Å². The van der Waals surface area contributed by atoms with E-state index in [9.17, 15) is 13.2 Å². The molecule has 0 atom stereocenters. The molecule has 0 saturated heterocycles. The Bertz CT molecular complexity index is 395. The van der Waals surface area contributed by atoms with E-state index in [1.165, 1.54) is 13.2 Å². The number of pyridine rings is 1. The minimum absolute atomic E-state index is 0.177. The quantitative estimate of drug-likeness (QED) is 0.761. The van der Waals surface area contributed by atoms with Gasteiger partial charge in [-0.15, -0.1) is 0 Å². The van der Waals surface area contributed by atoms with Crippen LogP contribution >= 0.6 is 0 Å². The maximum Gasteiger partial charge on any atom is 0.433 e. The zero-order chi connectivity index (χ0) is 11.5. The molecule has 0 aromatic carbocycles. The second-order valence-corrected chi connectivity index (χ2v) is 2.72. The summed E-state index contributed by atoms with van der Waals surface area (Å²) in [6.07, 6.45) is -3.92. The molecule has 0 N–H and O–H groups in total. The first-order chi connectivity index (χ1) is 6.99. The predicted octanol–water partition coefficient (Wildman–Crippen LogP) is 2.18. The number of methoxy groups -OCH3 is 1. The number of hydrogen-bond acceptors (Lipinski definition) is 3. The molecule has 1 heterocycles. The van der Waals surface area contributed by atoms with Gasteiger partial charge >= 0.3 is 6.18 Å². The third-order valence-electron chi connectivity index (χ3n) is 1.72. The van der Waals surface area contributed by atoms with E-state index >= 15 is 0 Å². The first kappa shape index (κ1) is 11.3. The minimum atomic E-state index is -4.54. The van der Waals surface area contributed by atoms with Gasteiger partial charge in [0, 0.05) is 5.56 Å². The van der Waals surface area contributed by atoms with Crippen LogP contribution in [0.4, 0.5) is 13.2 Å². The zero-order valence-electron chi connectivity index (χ0n) is 7.80. The Kier molecular flexibility index (Phi) is 3.14. The fourth-order valence-electron chi connectivity index (χ4n) is 1.08. The third-order valence-corrected chi connectivity index (χ3v) is 1.72. The largest absolute Gasteiger partial charge is 0.495 e. The van der Waals surface area contributed by atoms with Gasteiger partial charge in [-0.3, -0.25) is 0 Å². The Morgan fingerprint density at radius 1 is 1.53 bits per heavy atom. The second kappa shape index (κ2) is 4.17. The highest BCUT2D eigenvalue weighted by atomic mass is 19.4. The average Bonchev–Trinajstić information content (AvgIpc) is 2.16. The van der Waals surface area contributed by atoms with Gasteiger partial charge in [-0.1, -0.05) is 0 Å². The van der Waals surface area contributed by atoms with Crippen LogP contribution in [0.5, 0.6) is 5.75 Å². The lowest BCUT2D eigenvalue weighted by Crippen LogP contribution is -2.11. The molecule has 1 aromatic heterocycles. The molecule has 0 aliphatic carbocycles. The Labute approximate surface area is 84.1 Å². The topological polar surface area (TPSA) is 45.9 Å². The molecule has 1 aromatic rings. The zero-order valence-corrected chi connectivity index (χ0v) is 7.80. The highest BCUT2D eigenvalue weighted by molar-refractivity contribution is 5.32. The van der Waals surface area contributed by atoms with Crippen LogP contribution in [0.1, 0.15) is 11.3 Å². The summed E-state index contributed by atoms with van der Waals surface area (Å²) in [7, 11) is 1.32. The van der Waals surface area contributed by atoms with Crippen LogP contribution in [-0.2, 0) is 12.6 Å². The van der Waals surface area contributed by atoms with Crippen LogP contribution in [-0.4, -0.2) is 12.1 Å². The summed E-state index contributed by atoms with van der Waals surface area (Å²) in [6, 6.07) is 2.82. The number of alkyl halides is 3. The number of nitriles is 1. The number of aromatic nitrogens is 1. The van der Waals surface area contributed by atoms with Crippen LogP contribution in [0, 0.1) is 11.3 Å². The molecule has 0 fully saturated rings.